The van der Waals surface area contributed by atoms with E-state index in [2.05, 4.69) is 15.9 Å². The lowest BCUT2D eigenvalue weighted by Gasteiger charge is -2.23. The lowest BCUT2D eigenvalue weighted by molar-refractivity contribution is 0.608. The number of nitrogens with zero attached hydrogens (tertiary/aromatic N) is 1. The van der Waals surface area contributed by atoms with Crippen LogP contribution in [-0.4, -0.2) is 7.05 Å². The normalized spacial score (nSPS) is 10.5. The highest BCUT2D eigenvalue weighted by atomic mass is 79.9. The second-order valence-electron chi connectivity index (χ2n) is 4.32. The van der Waals surface area contributed by atoms with Gasteiger partial charge in [-0.15, -0.1) is 0 Å². The van der Waals surface area contributed by atoms with Crippen molar-refractivity contribution >= 4 is 33.2 Å². The lowest BCUT2D eigenvalue weighted by Crippen LogP contribution is -2.18. The maximum atomic E-state index is 13.7. The molecule has 2 aromatic carbocycles. The van der Waals surface area contributed by atoms with Crippen molar-refractivity contribution in [2.24, 2.45) is 0 Å². The van der Waals surface area contributed by atoms with Crippen molar-refractivity contribution in [3.63, 3.8) is 0 Å². The van der Waals surface area contributed by atoms with Gasteiger partial charge in [-0.25, -0.2) is 4.39 Å². The van der Waals surface area contributed by atoms with Gasteiger partial charge in [0.1, 0.15) is 5.82 Å². The van der Waals surface area contributed by atoms with Crippen LogP contribution in [0.5, 0.6) is 0 Å². The molecule has 100 valence electrons. The van der Waals surface area contributed by atoms with Gasteiger partial charge >= 0.3 is 0 Å². The minimum Gasteiger partial charge on any atom is -0.370 e. The maximum Gasteiger partial charge on any atom is 0.128 e. The van der Waals surface area contributed by atoms with E-state index in [0.29, 0.717) is 17.4 Å². The van der Waals surface area contributed by atoms with Crippen LogP contribution in [0.3, 0.4) is 0 Å². The first-order valence-corrected chi connectivity index (χ1v) is 7.41. The third-order valence-electron chi connectivity index (χ3n) is 3.00. The Hall–Kier alpha value is -1.06. The molecule has 0 fully saturated rings. The van der Waals surface area contributed by atoms with Gasteiger partial charge in [-0.2, -0.15) is 0 Å². The van der Waals surface area contributed by atoms with E-state index in [4.69, 9.17) is 11.6 Å². The van der Waals surface area contributed by atoms with E-state index in [0.717, 1.165) is 16.3 Å². The fourth-order valence-electron chi connectivity index (χ4n) is 2.00. The van der Waals surface area contributed by atoms with E-state index in [1.54, 1.807) is 12.1 Å². The van der Waals surface area contributed by atoms with Crippen LogP contribution in [0.15, 0.2) is 42.5 Å². The van der Waals surface area contributed by atoms with E-state index in [1.807, 2.05) is 36.2 Å². The molecule has 0 aromatic heterocycles. The van der Waals surface area contributed by atoms with Gasteiger partial charge in [0.25, 0.3) is 0 Å². The summed E-state index contributed by atoms with van der Waals surface area (Å²) in [5, 5.41) is 1.39. The second-order valence-corrected chi connectivity index (χ2v) is 5.29. The molecule has 0 unspecified atom stereocenters. The lowest BCUT2D eigenvalue weighted by atomic mass is 10.1. The molecule has 0 amide bonds. The smallest absolute Gasteiger partial charge is 0.128 e. The number of alkyl halides is 1. The summed E-state index contributed by atoms with van der Waals surface area (Å²) in [7, 11) is 1.93. The van der Waals surface area contributed by atoms with Crippen LogP contribution >= 0.6 is 27.5 Å². The standard InChI is InChI=1S/C15H14BrClFN/c1-19(10-11-5-2-3-7-14(11)18)15-8-4-6-13(17)12(15)9-16/h2-8H,9-10H2,1H3. The van der Waals surface area contributed by atoms with Gasteiger partial charge in [0.05, 0.1) is 0 Å². The molecule has 2 aromatic rings. The van der Waals surface area contributed by atoms with Crippen LogP contribution in [0, 0.1) is 5.82 Å². The van der Waals surface area contributed by atoms with E-state index in [-0.39, 0.29) is 5.82 Å². The Labute approximate surface area is 126 Å². The van der Waals surface area contributed by atoms with Gasteiger partial charge in [0.15, 0.2) is 0 Å². The molecule has 4 heteroatoms. The summed E-state index contributed by atoms with van der Waals surface area (Å²) in [5.41, 5.74) is 2.70. The first-order chi connectivity index (χ1) is 9.13. The highest BCUT2D eigenvalue weighted by Crippen LogP contribution is 2.29. The van der Waals surface area contributed by atoms with Crippen LogP contribution in [0.2, 0.25) is 5.02 Å². The number of hydrogen-bond donors (Lipinski definition) is 0. The molecule has 0 spiro atoms. The zero-order valence-corrected chi connectivity index (χ0v) is 12.9. The van der Waals surface area contributed by atoms with Gasteiger partial charge in [0, 0.05) is 40.8 Å². The van der Waals surface area contributed by atoms with Gasteiger partial charge in [-0.05, 0) is 18.2 Å². The summed E-state index contributed by atoms with van der Waals surface area (Å²) in [6, 6.07) is 12.6. The van der Waals surface area contributed by atoms with E-state index < -0.39 is 0 Å². The Morgan fingerprint density at radius 2 is 1.89 bits per heavy atom. The SMILES string of the molecule is CN(Cc1ccccc1F)c1cccc(Cl)c1CBr. The van der Waals surface area contributed by atoms with Crippen molar-refractivity contribution in [2.75, 3.05) is 11.9 Å². The quantitative estimate of drug-likeness (QED) is 0.706. The average Bonchev–Trinajstić information content (AvgIpc) is 2.41. The molecule has 0 N–H and O–H groups in total. The molecule has 0 atom stereocenters. The minimum atomic E-state index is -0.184. The highest BCUT2D eigenvalue weighted by Gasteiger charge is 2.11. The van der Waals surface area contributed by atoms with Gasteiger partial charge < -0.3 is 4.90 Å². The Morgan fingerprint density at radius 3 is 2.58 bits per heavy atom. The minimum absolute atomic E-state index is 0.184. The Balaban J connectivity index is 2.28. The predicted molar refractivity (Wildman–Crippen MR) is 82.6 cm³/mol. The summed E-state index contributed by atoms with van der Waals surface area (Å²) in [5.74, 6) is -0.184. The number of rotatable bonds is 4. The summed E-state index contributed by atoms with van der Waals surface area (Å²) < 4.78 is 13.7. The average molecular weight is 343 g/mol. The maximum absolute atomic E-state index is 13.7. The molecule has 2 rings (SSSR count). The van der Waals surface area contributed by atoms with Crippen LogP contribution in [-0.2, 0) is 11.9 Å². The Morgan fingerprint density at radius 1 is 1.16 bits per heavy atom. The fraction of sp³-hybridized carbons (Fsp3) is 0.200. The molecule has 1 nitrogen and oxygen atoms in total. The molecule has 0 heterocycles. The van der Waals surface area contributed by atoms with Gasteiger partial charge in [-0.1, -0.05) is 51.8 Å². The molecule has 0 aliphatic rings. The largest absolute Gasteiger partial charge is 0.370 e. The summed E-state index contributed by atoms with van der Waals surface area (Å²) in [6.45, 7) is 0.507. The van der Waals surface area contributed by atoms with E-state index in [1.165, 1.54) is 6.07 Å². The molecular weight excluding hydrogens is 329 g/mol. The van der Waals surface area contributed by atoms with Crippen LogP contribution < -0.4 is 4.90 Å². The van der Waals surface area contributed by atoms with E-state index >= 15 is 0 Å². The van der Waals surface area contributed by atoms with Crippen LogP contribution in [0.1, 0.15) is 11.1 Å². The topological polar surface area (TPSA) is 3.24 Å². The van der Waals surface area contributed by atoms with Gasteiger partial charge in [0.2, 0.25) is 0 Å². The number of halogens is 3. The van der Waals surface area contributed by atoms with Crippen molar-refractivity contribution < 1.29 is 4.39 Å². The monoisotopic (exact) mass is 341 g/mol. The summed E-state index contributed by atoms with van der Waals surface area (Å²) in [6.07, 6.45) is 0. The summed E-state index contributed by atoms with van der Waals surface area (Å²) >= 11 is 9.62. The van der Waals surface area contributed by atoms with Crippen molar-refractivity contribution in [1.29, 1.82) is 0 Å². The molecule has 0 saturated carbocycles. The first kappa shape index (κ1) is 14.4. The molecule has 0 saturated heterocycles. The zero-order chi connectivity index (χ0) is 13.8. The fourth-order valence-corrected chi connectivity index (χ4v) is 2.99. The Kier molecular flexibility index (Phi) is 4.83. The molecule has 19 heavy (non-hydrogen) atoms. The molecule has 0 aliphatic heterocycles. The van der Waals surface area contributed by atoms with Crippen LogP contribution in [0.25, 0.3) is 0 Å². The predicted octanol–water partition coefficient (Wildman–Crippen LogP) is 5.01. The number of benzene rings is 2. The van der Waals surface area contributed by atoms with E-state index in [9.17, 15) is 4.39 Å². The number of hydrogen-bond acceptors (Lipinski definition) is 1. The van der Waals surface area contributed by atoms with Crippen molar-refractivity contribution in [3.05, 3.63) is 64.4 Å². The van der Waals surface area contributed by atoms with Crippen molar-refractivity contribution in [1.82, 2.24) is 0 Å². The highest BCUT2D eigenvalue weighted by molar-refractivity contribution is 9.08. The zero-order valence-electron chi connectivity index (χ0n) is 10.5. The molecule has 0 radical (unpaired) electrons. The Bertz CT molecular complexity index is 574. The third-order valence-corrected chi connectivity index (χ3v) is 3.92. The first-order valence-electron chi connectivity index (χ1n) is 5.91. The van der Waals surface area contributed by atoms with Crippen molar-refractivity contribution in [3.8, 4) is 0 Å². The van der Waals surface area contributed by atoms with Crippen LogP contribution in [0.4, 0.5) is 10.1 Å². The summed E-state index contributed by atoms with van der Waals surface area (Å²) in [4.78, 5) is 2.00. The number of anilines is 1. The van der Waals surface area contributed by atoms with Gasteiger partial charge in [-0.3, -0.25) is 0 Å². The molecule has 0 bridgehead atoms. The second kappa shape index (κ2) is 6.40. The van der Waals surface area contributed by atoms with Crippen molar-refractivity contribution in [2.45, 2.75) is 11.9 Å². The molecular formula is C15H14BrClFN. The molecule has 0 aliphatic carbocycles. The third kappa shape index (κ3) is 3.28.